The van der Waals surface area contributed by atoms with Crippen molar-refractivity contribution in [1.82, 2.24) is 15.5 Å². The van der Waals surface area contributed by atoms with Crippen molar-refractivity contribution in [1.29, 1.82) is 0 Å². The first kappa shape index (κ1) is 21.7. The van der Waals surface area contributed by atoms with Gasteiger partial charge in [0.15, 0.2) is 5.96 Å². The van der Waals surface area contributed by atoms with Gasteiger partial charge in [0.2, 0.25) is 0 Å². The number of likely N-dealkylation sites (tertiary alicyclic amines) is 1. The molecule has 1 saturated heterocycles. The molecule has 0 aromatic heterocycles. The molecular formula is C22H35IN4O. The van der Waals surface area contributed by atoms with Gasteiger partial charge < -0.3 is 20.3 Å². The van der Waals surface area contributed by atoms with Gasteiger partial charge in [0, 0.05) is 31.6 Å². The third kappa shape index (κ3) is 4.93. The zero-order valence-electron chi connectivity index (χ0n) is 17.2. The summed E-state index contributed by atoms with van der Waals surface area (Å²) in [7, 11) is 2.20. The number of para-hydroxylation sites is 1. The van der Waals surface area contributed by atoms with E-state index in [1.54, 1.807) is 0 Å². The van der Waals surface area contributed by atoms with Crippen LogP contribution in [0.2, 0.25) is 0 Å². The Balaban J connectivity index is 0.00000225. The minimum absolute atomic E-state index is 0. The highest BCUT2D eigenvalue weighted by Crippen LogP contribution is 2.46. The van der Waals surface area contributed by atoms with Crippen LogP contribution in [0.3, 0.4) is 0 Å². The standard InChI is InChI=1S/C22H34N4O.HI/c1-3-23-21(24-15-17-10-13-26(2)16-17)25-19-14-22(11-6-7-12-22)27-20-9-5-4-8-18(19)20;/h4-5,8-9,17,19H,3,6-7,10-16H2,1-2H3,(H2,23,24,25);1H. The van der Waals surface area contributed by atoms with Gasteiger partial charge in [-0.3, -0.25) is 4.99 Å². The van der Waals surface area contributed by atoms with E-state index in [9.17, 15) is 0 Å². The Bertz CT molecular complexity index is 674. The molecule has 2 aliphatic heterocycles. The van der Waals surface area contributed by atoms with Crippen molar-refractivity contribution in [2.24, 2.45) is 10.9 Å². The number of hydrogen-bond acceptors (Lipinski definition) is 3. The Morgan fingerprint density at radius 1 is 1.29 bits per heavy atom. The summed E-state index contributed by atoms with van der Waals surface area (Å²) in [6.45, 7) is 6.27. The van der Waals surface area contributed by atoms with Crippen LogP contribution < -0.4 is 15.4 Å². The lowest BCUT2D eigenvalue weighted by atomic mass is 9.86. The highest BCUT2D eigenvalue weighted by Gasteiger charge is 2.43. The summed E-state index contributed by atoms with van der Waals surface area (Å²) in [5.41, 5.74) is 1.28. The van der Waals surface area contributed by atoms with Crippen LogP contribution in [-0.2, 0) is 0 Å². The van der Waals surface area contributed by atoms with Crippen LogP contribution in [0.1, 0.15) is 57.1 Å². The van der Waals surface area contributed by atoms with E-state index in [2.05, 4.69) is 53.8 Å². The van der Waals surface area contributed by atoms with Crippen molar-refractivity contribution >= 4 is 29.9 Å². The zero-order chi connectivity index (χ0) is 18.7. The Hall–Kier alpha value is -1.02. The summed E-state index contributed by atoms with van der Waals surface area (Å²) in [6.07, 6.45) is 7.17. The van der Waals surface area contributed by atoms with Crippen molar-refractivity contribution in [3.05, 3.63) is 29.8 Å². The van der Waals surface area contributed by atoms with Crippen LogP contribution in [-0.4, -0.2) is 49.7 Å². The molecule has 0 bridgehead atoms. The van der Waals surface area contributed by atoms with Gasteiger partial charge in [0.1, 0.15) is 11.4 Å². The number of rotatable bonds is 4. The second-order valence-corrected chi connectivity index (χ2v) is 8.57. The third-order valence-corrected chi connectivity index (χ3v) is 6.36. The van der Waals surface area contributed by atoms with E-state index in [0.29, 0.717) is 5.92 Å². The van der Waals surface area contributed by atoms with Crippen molar-refractivity contribution in [2.75, 3.05) is 33.2 Å². The van der Waals surface area contributed by atoms with E-state index < -0.39 is 0 Å². The van der Waals surface area contributed by atoms with Gasteiger partial charge >= 0.3 is 0 Å². The first-order valence-corrected chi connectivity index (χ1v) is 10.7. The maximum absolute atomic E-state index is 6.50. The normalized spacial score (nSPS) is 26.4. The largest absolute Gasteiger partial charge is 0.487 e. The molecule has 4 rings (SSSR count). The number of benzene rings is 1. The predicted molar refractivity (Wildman–Crippen MR) is 126 cm³/mol. The second kappa shape index (κ2) is 9.65. The van der Waals surface area contributed by atoms with E-state index in [0.717, 1.165) is 37.8 Å². The minimum Gasteiger partial charge on any atom is -0.487 e. The second-order valence-electron chi connectivity index (χ2n) is 8.57. The van der Waals surface area contributed by atoms with Gasteiger partial charge in [-0.2, -0.15) is 0 Å². The molecule has 1 aromatic carbocycles. The Morgan fingerprint density at radius 3 is 2.79 bits per heavy atom. The van der Waals surface area contributed by atoms with Crippen molar-refractivity contribution in [3.8, 4) is 5.75 Å². The maximum Gasteiger partial charge on any atom is 0.191 e. The SMILES string of the molecule is CCNC(=NCC1CCN(C)C1)NC1CC2(CCCC2)Oc2ccccc21.I. The van der Waals surface area contributed by atoms with Gasteiger partial charge in [-0.25, -0.2) is 0 Å². The molecule has 1 aromatic rings. The fourth-order valence-electron chi connectivity index (χ4n) is 4.95. The molecule has 1 aliphatic carbocycles. The van der Waals surface area contributed by atoms with Crippen LogP contribution in [0, 0.1) is 5.92 Å². The first-order valence-electron chi connectivity index (χ1n) is 10.7. The number of ether oxygens (including phenoxy) is 1. The molecule has 2 fully saturated rings. The molecule has 28 heavy (non-hydrogen) atoms. The summed E-state index contributed by atoms with van der Waals surface area (Å²) < 4.78 is 6.50. The van der Waals surface area contributed by atoms with Crippen LogP contribution in [0.15, 0.2) is 29.3 Å². The van der Waals surface area contributed by atoms with Crippen molar-refractivity contribution < 1.29 is 4.74 Å². The number of hydrogen-bond donors (Lipinski definition) is 2. The molecule has 1 spiro atoms. The van der Waals surface area contributed by atoms with Crippen LogP contribution in [0.5, 0.6) is 5.75 Å². The minimum atomic E-state index is 0. The van der Waals surface area contributed by atoms with Gasteiger partial charge in [0.25, 0.3) is 0 Å². The van der Waals surface area contributed by atoms with Crippen molar-refractivity contribution in [3.63, 3.8) is 0 Å². The number of nitrogens with one attached hydrogen (secondary N) is 2. The van der Waals surface area contributed by atoms with E-state index in [4.69, 9.17) is 9.73 Å². The van der Waals surface area contributed by atoms with Gasteiger partial charge in [-0.1, -0.05) is 18.2 Å². The maximum atomic E-state index is 6.50. The smallest absolute Gasteiger partial charge is 0.191 e. The average molecular weight is 498 g/mol. The number of guanidine groups is 1. The molecule has 0 amide bonds. The number of halogens is 1. The molecule has 1 saturated carbocycles. The van der Waals surface area contributed by atoms with Crippen LogP contribution >= 0.6 is 24.0 Å². The average Bonchev–Trinajstić information content (AvgIpc) is 3.29. The van der Waals surface area contributed by atoms with Gasteiger partial charge in [-0.15, -0.1) is 24.0 Å². The fourth-order valence-corrected chi connectivity index (χ4v) is 4.95. The summed E-state index contributed by atoms with van der Waals surface area (Å²) in [6, 6.07) is 8.78. The molecule has 2 unspecified atom stereocenters. The molecule has 3 aliphatic rings. The van der Waals surface area contributed by atoms with Gasteiger partial charge in [-0.05, 0) is 64.6 Å². The topological polar surface area (TPSA) is 48.9 Å². The number of nitrogens with zero attached hydrogens (tertiary/aromatic N) is 2. The van der Waals surface area contributed by atoms with E-state index in [1.807, 2.05) is 0 Å². The number of fused-ring (bicyclic) bond motifs is 1. The lowest BCUT2D eigenvalue weighted by Crippen LogP contribution is -2.46. The number of aliphatic imine (C=N–C) groups is 1. The third-order valence-electron chi connectivity index (χ3n) is 6.36. The molecule has 156 valence electrons. The molecule has 5 nitrogen and oxygen atoms in total. The molecule has 2 heterocycles. The lowest BCUT2D eigenvalue weighted by Gasteiger charge is -2.40. The molecule has 2 N–H and O–H groups in total. The van der Waals surface area contributed by atoms with Crippen LogP contribution in [0.4, 0.5) is 0 Å². The summed E-state index contributed by atoms with van der Waals surface area (Å²) in [5.74, 6) is 2.67. The van der Waals surface area contributed by atoms with Gasteiger partial charge in [0.05, 0.1) is 6.04 Å². The van der Waals surface area contributed by atoms with E-state index in [-0.39, 0.29) is 35.6 Å². The zero-order valence-corrected chi connectivity index (χ0v) is 19.6. The van der Waals surface area contributed by atoms with Crippen LogP contribution in [0.25, 0.3) is 0 Å². The molecular weight excluding hydrogens is 463 g/mol. The van der Waals surface area contributed by atoms with E-state index in [1.165, 1.54) is 44.2 Å². The summed E-state index contributed by atoms with van der Waals surface area (Å²) in [5, 5.41) is 7.20. The molecule has 0 radical (unpaired) electrons. The monoisotopic (exact) mass is 498 g/mol. The Morgan fingerprint density at radius 2 is 2.07 bits per heavy atom. The lowest BCUT2D eigenvalue weighted by molar-refractivity contribution is 0.0396. The van der Waals surface area contributed by atoms with E-state index >= 15 is 0 Å². The summed E-state index contributed by atoms with van der Waals surface area (Å²) >= 11 is 0. The summed E-state index contributed by atoms with van der Waals surface area (Å²) in [4.78, 5) is 7.34. The van der Waals surface area contributed by atoms with Crippen molar-refractivity contribution in [2.45, 2.75) is 57.1 Å². The quantitative estimate of drug-likeness (QED) is 0.375. The Kier molecular flexibility index (Phi) is 7.48. The Labute approximate surface area is 186 Å². The molecule has 2 atom stereocenters. The predicted octanol–water partition coefficient (Wildman–Crippen LogP) is 3.95. The molecule has 6 heteroatoms. The highest BCUT2D eigenvalue weighted by molar-refractivity contribution is 14.0. The highest BCUT2D eigenvalue weighted by atomic mass is 127. The fraction of sp³-hybridized carbons (Fsp3) is 0.682. The first-order chi connectivity index (χ1) is 13.2.